The first kappa shape index (κ1) is 10.2. The van der Waals surface area contributed by atoms with Crippen LogP contribution in [0.1, 0.15) is 11.1 Å². The van der Waals surface area contributed by atoms with Gasteiger partial charge in [0.05, 0.1) is 0 Å². The summed E-state index contributed by atoms with van der Waals surface area (Å²) >= 11 is 0. The van der Waals surface area contributed by atoms with Gasteiger partial charge in [0.25, 0.3) is 0 Å². The molecular formula is C16H15N. The number of hydrogen-bond donors (Lipinski definition) is 1. The molecule has 1 aromatic heterocycles. The predicted octanol–water partition coefficient (Wildman–Crippen LogP) is 4.45. The predicted molar refractivity (Wildman–Crippen MR) is 73.2 cm³/mol. The zero-order chi connectivity index (χ0) is 11.8. The summed E-state index contributed by atoms with van der Waals surface area (Å²) in [6.07, 6.45) is 0. The number of benzene rings is 2. The van der Waals surface area contributed by atoms with Gasteiger partial charge in [-0.05, 0) is 37.1 Å². The van der Waals surface area contributed by atoms with E-state index in [1.54, 1.807) is 0 Å². The van der Waals surface area contributed by atoms with Crippen molar-refractivity contribution >= 4 is 10.9 Å². The first-order chi connectivity index (χ1) is 8.24. The lowest BCUT2D eigenvalue weighted by molar-refractivity contribution is 1.38. The number of nitrogens with one attached hydrogen (secondary N) is 1. The average Bonchev–Trinajstić information content (AvgIpc) is 2.74. The Hall–Kier alpha value is -2.02. The molecule has 0 atom stereocenters. The summed E-state index contributed by atoms with van der Waals surface area (Å²) < 4.78 is 0. The van der Waals surface area contributed by atoms with Crippen molar-refractivity contribution in [2.45, 2.75) is 13.8 Å². The second-order valence-corrected chi connectivity index (χ2v) is 4.60. The van der Waals surface area contributed by atoms with E-state index in [2.05, 4.69) is 61.3 Å². The second kappa shape index (κ2) is 3.77. The summed E-state index contributed by atoms with van der Waals surface area (Å²) in [5.74, 6) is 0. The van der Waals surface area contributed by atoms with Crippen LogP contribution in [-0.2, 0) is 0 Å². The largest absolute Gasteiger partial charge is 0.354 e. The van der Waals surface area contributed by atoms with Gasteiger partial charge in [0, 0.05) is 16.6 Å². The van der Waals surface area contributed by atoms with Crippen molar-refractivity contribution in [1.29, 1.82) is 0 Å². The number of rotatable bonds is 1. The number of hydrogen-bond acceptors (Lipinski definition) is 0. The van der Waals surface area contributed by atoms with Crippen molar-refractivity contribution in [2.75, 3.05) is 0 Å². The molecule has 0 saturated carbocycles. The van der Waals surface area contributed by atoms with E-state index < -0.39 is 0 Å². The van der Waals surface area contributed by atoms with Crippen LogP contribution < -0.4 is 0 Å². The molecule has 3 aromatic rings. The standard InChI is InChI=1S/C16H15N/c1-11-8-12(2)16-14(9-11)10-15(17-16)13-6-4-3-5-7-13/h3-10,17H,1-2H3. The first-order valence-corrected chi connectivity index (χ1v) is 5.89. The number of fused-ring (bicyclic) bond motifs is 1. The molecule has 0 unspecified atom stereocenters. The summed E-state index contributed by atoms with van der Waals surface area (Å²) in [5, 5.41) is 1.29. The molecule has 0 saturated heterocycles. The molecule has 0 spiro atoms. The summed E-state index contributed by atoms with van der Waals surface area (Å²) in [6, 6.07) is 17.1. The van der Waals surface area contributed by atoms with Gasteiger partial charge in [-0.15, -0.1) is 0 Å². The van der Waals surface area contributed by atoms with Crippen LogP contribution in [0.25, 0.3) is 22.2 Å². The van der Waals surface area contributed by atoms with E-state index in [9.17, 15) is 0 Å². The molecule has 1 nitrogen and oxygen atoms in total. The van der Waals surface area contributed by atoms with E-state index in [1.165, 1.54) is 33.3 Å². The van der Waals surface area contributed by atoms with Gasteiger partial charge in [-0.25, -0.2) is 0 Å². The molecule has 84 valence electrons. The van der Waals surface area contributed by atoms with E-state index in [4.69, 9.17) is 0 Å². The summed E-state index contributed by atoms with van der Waals surface area (Å²) in [4.78, 5) is 3.51. The van der Waals surface area contributed by atoms with Crippen LogP contribution in [0.4, 0.5) is 0 Å². The fraction of sp³-hybridized carbons (Fsp3) is 0.125. The third-order valence-electron chi connectivity index (χ3n) is 3.15. The van der Waals surface area contributed by atoms with Crippen LogP contribution in [0.3, 0.4) is 0 Å². The Labute approximate surface area is 101 Å². The van der Waals surface area contributed by atoms with E-state index in [0.717, 1.165) is 0 Å². The molecule has 0 bridgehead atoms. The highest BCUT2D eigenvalue weighted by molar-refractivity contribution is 5.88. The molecule has 0 aliphatic carbocycles. The molecule has 0 aliphatic heterocycles. The van der Waals surface area contributed by atoms with Crippen molar-refractivity contribution in [3.8, 4) is 11.3 Å². The van der Waals surface area contributed by atoms with Gasteiger partial charge in [-0.2, -0.15) is 0 Å². The van der Waals surface area contributed by atoms with E-state index in [-0.39, 0.29) is 0 Å². The highest BCUT2D eigenvalue weighted by Gasteiger charge is 2.05. The molecule has 3 rings (SSSR count). The summed E-state index contributed by atoms with van der Waals surface area (Å²) in [6.45, 7) is 4.29. The Bertz CT molecular complexity index is 663. The van der Waals surface area contributed by atoms with Crippen molar-refractivity contribution in [2.24, 2.45) is 0 Å². The van der Waals surface area contributed by atoms with Gasteiger partial charge in [0.2, 0.25) is 0 Å². The van der Waals surface area contributed by atoms with Gasteiger partial charge < -0.3 is 4.98 Å². The minimum atomic E-state index is 1.19. The average molecular weight is 221 g/mol. The Morgan fingerprint density at radius 3 is 2.41 bits per heavy atom. The molecule has 17 heavy (non-hydrogen) atoms. The fourth-order valence-electron chi connectivity index (χ4n) is 2.38. The van der Waals surface area contributed by atoms with Crippen LogP contribution in [0.15, 0.2) is 48.5 Å². The van der Waals surface area contributed by atoms with Crippen molar-refractivity contribution in [1.82, 2.24) is 4.98 Å². The molecule has 0 radical (unpaired) electrons. The SMILES string of the molecule is Cc1cc(C)c2[nH]c(-c3ccccc3)cc2c1. The van der Waals surface area contributed by atoms with Crippen molar-refractivity contribution < 1.29 is 0 Å². The highest BCUT2D eigenvalue weighted by atomic mass is 14.7. The zero-order valence-electron chi connectivity index (χ0n) is 10.1. The zero-order valence-corrected chi connectivity index (χ0v) is 10.1. The molecular weight excluding hydrogens is 206 g/mol. The number of aryl methyl sites for hydroxylation is 2. The van der Waals surface area contributed by atoms with Crippen molar-refractivity contribution in [3.05, 3.63) is 59.7 Å². The lowest BCUT2D eigenvalue weighted by atomic mass is 10.1. The topological polar surface area (TPSA) is 15.8 Å². The van der Waals surface area contributed by atoms with Crippen LogP contribution in [0.2, 0.25) is 0 Å². The van der Waals surface area contributed by atoms with E-state index in [1.807, 2.05) is 6.07 Å². The van der Waals surface area contributed by atoms with Gasteiger partial charge >= 0.3 is 0 Å². The van der Waals surface area contributed by atoms with Crippen molar-refractivity contribution in [3.63, 3.8) is 0 Å². The summed E-state index contributed by atoms with van der Waals surface area (Å²) in [7, 11) is 0. The third kappa shape index (κ3) is 1.74. The Kier molecular flexibility index (Phi) is 2.25. The maximum atomic E-state index is 3.51. The van der Waals surface area contributed by atoms with Crippen LogP contribution in [-0.4, -0.2) is 4.98 Å². The number of aromatic nitrogens is 1. The van der Waals surface area contributed by atoms with Gasteiger partial charge in [-0.1, -0.05) is 42.0 Å². The Balaban J connectivity index is 2.24. The number of H-pyrrole nitrogens is 1. The quantitative estimate of drug-likeness (QED) is 0.624. The maximum Gasteiger partial charge on any atom is 0.0488 e. The Morgan fingerprint density at radius 2 is 1.65 bits per heavy atom. The molecule has 1 N–H and O–H groups in total. The molecule has 1 heterocycles. The van der Waals surface area contributed by atoms with Gasteiger partial charge in [0.1, 0.15) is 0 Å². The summed E-state index contributed by atoms with van der Waals surface area (Å²) in [5.41, 5.74) is 6.29. The molecule has 0 aliphatic rings. The lowest BCUT2D eigenvalue weighted by Crippen LogP contribution is -1.79. The molecule has 0 fully saturated rings. The normalized spacial score (nSPS) is 10.9. The Morgan fingerprint density at radius 1 is 0.882 bits per heavy atom. The smallest absolute Gasteiger partial charge is 0.0488 e. The first-order valence-electron chi connectivity index (χ1n) is 5.89. The fourth-order valence-corrected chi connectivity index (χ4v) is 2.38. The molecule has 0 amide bonds. The van der Waals surface area contributed by atoms with Gasteiger partial charge in [-0.3, -0.25) is 0 Å². The minimum absolute atomic E-state index is 1.19. The molecule has 2 aromatic carbocycles. The minimum Gasteiger partial charge on any atom is -0.354 e. The third-order valence-corrected chi connectivity index (χ3v) is 3.15. The second-order valence-electron chi connectivity index (χ2n) is 4.60. The molecule has 1 heteroatoms. The van der Waals surface area contributed by atoms with Gasteiger partial charge in [0.15, 0.2) is 0 Å². The highest BCUT2D eigenvalue weighted by Crippen LogP contribution is 2.26. The van der Waals surface area contributed by atoms with Crippen LogP contribution in [0.5, 0.6) is 0 Å². The lowest BCUT2D eigenvalue weighted by Gasteiger charge is -1.98. The van der Waals surface area contributed by atoms with E-state index in [0.29, 0.717) is 0 Å². The van der Waals surface area contributed by atoms with Crippen LogP contribution >= 0.6 is 0 Å². The van der Waals surface area contributed by atoms with Crippen LogP contribution in [0, 0.1) is 13.8 Å². The number of aromatic amines is 1. The van der Waals surface area contributed by atoms with E-state index >= 15 is 0 Å². The monoisotopic (exact) mass is 221 g/mol. The maximum absolute atomic E-state index is 3.51.